The number of hydrogen-bond acceptors (Lipinski definition) is 2. The Hall–Kier alpha value is -0.180. The van der Waals surface area contributed by atoms with Gasteiger partial charge in [0.15, 0.2) is 0 Å². The van der Waals surface area contributed by atoms with Crippen LogP contribution in [0.2, 0.25) is 15.2 Å². The van der Waals surface area contributed by atoms with Crippen LogP contribution in [-0.4, -0.2) is 11.0 Å². The summed E-state index contributed by atoms with van der Waals surface area (Å²) in [5.74, 6) is 3.18. The number of nitrogens with one attached hydrogen (secondary N) is 1. The molecule has 0 saturated heterocycles. The second-order valence-electron chi connectivity index (χ2n) is 5.86. The Morgan fingerprint density at radius 1 is 1.21 bits per heavy atom. The zero-order valence-corrected chi connectivity index (χ0v) is 13.1. The minimum Gasteiger partial charge on any atom is -0.366 e. The fraction of sp³-hybridized carbons (Fsp3) is 0.643. The Bertz CT molecular complexity index is 492. The molecule has 3 rings (SSSR count). The van der Waals surface area contributed by atoms with Crippen molar-refractivity contribution in [1.29, 1.82) is 0 Å². The summed E-state index contributed by atoms with van der Waals surface area (Å²) in [6.45, 7) is 2.21. The third-order valence-corrected chi connectivity index (χ3v) is 5.65. The summed E-state index contributed by atoms with van der Waals surface area (Å²) < 4.78 is 0. The fourth-order valence-corrected chi connectivity index (χ4v) is 4.33. The maximum atomic E-state index is 6.16. The second-order valence-corrected chi connectivity index (χ2v) is 7.04. The van der Waals surface area contributed by atoms with Crippen molar-refractivity contribution in [2.75, 3.05) is 5.32 Å². The highest BCUT2D eigenvalue weighted by molar-refractivity contribution is 6.42. The van der Waals surface area contributed by atoms with Crippen LogP contribution in [0.5, 0.6) is 0 Å². The van der Waals surface area contributed by atoms with Gasteiger partial charge < -0.3 is 5.32 Å². The summed E-state index contributed by atoms with van der Waals surface area (Å²) in [5, 5.41) is 4.64. The van der Waals surface area contributed by atoms with Crippen LogP contribution in [0.1, 0.15) is 32.6 Å². The van der Waals surface area contributed by atoms with Gasteiger partial charge in [0.2, 0.25) is 0 Å². The van der Waals surface area contributed by atoms with Crippen molar-refractivity contribution in [3.05, 3.63) is 21.3 Å². The van der Waals surface area contributed by atoms with Gasteiger partial charge in [-0.25, -0.2) is 4.98 Å². The number of aromatic nitrogens is 1. The Labute approximate surface area is 128 Å². The van der Waals surface area contributed by atoms with E-state index in [0.717, 1.165) is 17.8 Å². The molecule has 1 heterocycles. The van der Waals surface area contributed by atoms with Crippen molar-refractivity contribution in [2.24, 2.45) is 17.8 Å². The summed E-state index contributed by atoms with van der Waals surface area (Å²) in [7, 11) is 0. The van der Waals surface area contributed by atoms with Gasteiger partial charge in [-0.3, -0.25) is 0 Å². The molecule has 0 aliphatic heterocycles. The summed E-state index contributed by atoms with van der Waals surface area (Å²) in [6, 6.07) is 2.02. The van der Waals surface area contributed by atoms with Gasteiger partial charge in [0.25, 0.3) is 0 Å². The lowest BCUT2D eigenvalue weighted by atomic mass is 9.84. The van der Waals surface area contributed by atoms with Gasteiger partial charge in [0.05, 0.1) is 10.0 Å². The molecule has 2 aliphatic carbocycles. The van der Waals surface area contributed by atoms with Crippen LogP contribution in [0.25, 0.3) is 0 Å². The molecule has 2 fully saturated rings. The van der Waals surface area contributed by atoms with E-state index in [0.29, 0.717) is 27.1 Å². The first-order valence-electron chi connectivity index (χ1n) is 6.82. The van der Waals surface area contributed by atoms with E-state index in [-0.39, 0.29) is 0 Å². The SMILES string of the molecule is CC(Nc1nc(Cl)c(Cl)cc1Cl)C1CC2CCC1C2. The summed E-state index contributed by atoms with van der Waals surface area (Å²) in [4.78, 5) is 4.24. The number of nitrogens with zero attached hydrogens (tertiary/aromatic N) is 1. The zero-order chi connectivity index (χ0) is 13.6. The molecule has 0 amide bonds. The number of halogens is 3. The van der Waals surface area contributed by atoms with Gasteiger partial charge in [0.1, 0.15) is 11.0 Å². The molecule has 2 aliphatic rings. The maximum Gasteiger partial charge on any atom is 0.150 e. The lowest BCUT2D eigenvalue weighted by molar-refractivity contribution is 0.304. The molecular weight excluding hydrogens is 303 g/mol. The normalized spacial score (nSPS) is 30.6. The van der Waals surface area contributed by atoms with E-state index < -0.39 is 0 Å². The zero-order valence-electron chi connectivity index (χ0n) is 10.8. The molecule has 5 heteroatoms. The Kier molecular flexibility index (Phi) is 3.85. The summed E-state index contributed by atoms with van der Waals surface area (Å²) >= 11 is 18.0. The van der Waals surface area contributed by atoms with Crippen molar-refractivity contribution in [1.82, 2.24) is 4.98 Å². The summed E-state index contributed by atoms with van der Waals surface area (Å²) in [5.41, 5.74) is 0. The monoisotopic (exact) mass is 318 g/mol. The van der Waals surface area contributed by atoms with E-state index in [1.54, 1.807) is 6.07 Å². The largest absolute Gasteiger partial charge is 0.366 e. The molecule has 19 heavy (non-hydrogen) atoms. The molecule has 0 spiro atoms. The molecule has 1 aromatic heterocycles. The van der Waals surface area contributed by atoms with Crippen molar-refractivity contribution >= 4 is 40.6 Å². The van der Waals surface area contributed by atoms with Crippen LogP contribution in [0.15, 0.2) is 6.07 Å². The third-order valence-electron chi connectivity index (χ3n) is 4.69. The predicted molar refractivity (Wildman–Crippen MR) is 81.3 cm³/mol. The molecule has 104 valence electrons. The molecule has 2 nitrogen and oxygen atoms in total. The standard InChI is InChI=1S/C14H17Cl3N2/c1-7(10-5-8-2-3-9(10)4-8)18-14-12(16)6-11(15)13(17)19-14/h6-10H,2-5H2,1H3,(H,18,19). The minimum absolute atomic E-state index is 0.300. The smallest absolute Gasteiger partial charge is 0.150 e. The molecule has 4 atom stereocenters. The van der Waals surface area contributed by atoms with E-state index in [1.165, 1.54) is 25.7 Å². The first-order valence-corrected chi connectivity index (χ1v) is 7.96. The van der Waals surface area contributed by atoms with Gasteiger partial charge in [-0.2, -0.15) is 0 Å². The third kappa shape index (κ3) is 2.68. The predicted octanol–water partition coefficient (Wildman–Crippen LogP) is 5.28. The first kappa shape index (κ1) is 13.8. The molecule has 0 radical (unpaired) electrons. The topological polar surface area (TPSA) is 24.9 Å². The Morgan fingerprint density at radius 2 is 2.00 bits per heavy atom. The first-order chi connectivity index (χ1) is 9.04. The number of pyridine rings is 1. The summed E-state index contributed by atoms with van der Waals surface area (Å²) in [6.07, 6.45) is 5.53. The maximum absolute atomic E-state index is 6.16. The van der Waals surface area contributed by atoms with Crippen molar-refractivity contribution in [3.63, 3.8) is 0 Å². The molecule has 2 saturated carbocycles. The number of rotatable bonds is 3. The average Bonchev–Trinajstić information content (AvgIpc) is 2.98. The molecule has 1 aromatic rings. The van der Waals surface area contributed by atoms with Gasteiger partial charge in [0, 0.05) is 6.04 Å². The molecule has 0 aromatic carbocycles. The van der Waals surface area contributed by atoms with Crippen molar-refractivity contribution < 1.29 is 0 Å². The number of anilines is 1. The lowest BCUT2D eigenvalue weighted by Crippen LogP contribution is -2.30. The Balaban J connectivity index is 1.73. The number of fused-ring (bicyclic) bond motifs is 2. The van der Waals surface area contributed by atoms with Crippen LogP contribution in [0, 0.1) is 17.8 Å². The van der Waals surface area contributed by atoms with Gasteiger partial charge >= 0.3 is 0 Å². The van der Waals surface area contributed by atoms with Crippen molar-refractivity contribution in [3.8, 4) is 0 Å². The van der Waals surface area contributed by atoms with E-state index in [9.17, 15) is 0 Å². The van der Waals surface area contributed by atoms with E-state index >= 15 is 0 Å². The Morgan fingerprint density at radius 3 is 2.63 bits per heavy atom. The highest BCUT2D eigenvalue weighted by atomic mass is 35.5. The minimum atomic E-state index is 0.300. The van der Waals surface area contributed by atoms with Crippen LogP contribution in [0.3, 0.4) is 0 Å². The van der Waals surface area contributed by atoms with Gasteiger partial charge in [-0.15, -0.1) is 0 Å². The van der Waals surface area contributed by atoms with Crippen LogP contribution >= 0.6 is 34.8 Å². The van der Waals surface area contributed by atoms with Gasteiger partial charge in [-0.05, 0) is 50.0 Å². The van der Waals surface area contributed by atoms with E-state index in [2.05, 4.69) is 17.2 Å². The number of hydrogen-bond donors (Lipinski definition) is 1. The van der Waals surface area contributed by atoms with Crippen molar-refractivity contribution in [2.45, 2.75) is 38.6 Å². The van der Waals surface area contributed by atoms with E-state index in [1.807, 2.05) is 0 Å². The average molecular weight is 320 g/mol. The van der Waals surface area contributed by atoms with Gasteiger partial charge in [-0.1, -0.05) is 41.2 Å². The molecular formula is C14H17Cl3N2. The van der Waals surface area contributed by atoms with Crippen LogP contribution in [-0.2, 0) is 0 Å². The molecule has 4 unspecified atom stereocenters. The lowest BCUT2D eigenvalue weighted by Gasteiger charge is -2.29. The van der Waals surface area contributed by atoms with Crippen LogP contribution in [0.4, 0.5) is 5.82 Å². The highest BCUT2D eigenvalue weighted by Crippen LogP contribution is 2.50. The molecule has 1 N–H and O–H groups in total. The van der Waals surface area contributed by atoms with E-state index in [4.69, 9.17) is 34.8 Å². The quantitative estimate of drug-likeness (QED) is 0.767. The fourth-order valence-electron chi connectivity index (χ4n) is 3.77. The second kappa shape index (κ2) is 5.31. The van der Waals surface area contributed by atoms with Crippen LogP contribution < -0.4 is 5.32 Å². The highest BCUT2D eigenvalue weighted by Gasteiger charge is 2.41. The molecule has 2 bridgehead atoms.